The van der Waals surface area contributed by atoms with Gasteiger partial charge in [0.25, 0.3) is 0 Å². The molecular weight excluding hydrogens is 278 g/mol. The van der Waals surface area contributed by atoms with Gasteiger partial charge in [0.05, 0.1) is 12.1 Å². The van der Waals surface area contributed by atoms with Crippen molar-refractivity contribution in [2.24, 2.45) is 0 Å². The lowest BCUT2D eigenvalue weighted by atomic mass is 9.85. The SMILES string of the molecule is Cc1cc2c(cc1C)-c1oc(CN(C)C)c(C)c1C(=O)C2=O. The van der Waals surface area contributed by atoms with Crippen molar-refractivity contribution in [3.63, 3.8) is 0 Å². The van der Waals surface area contributed by atoms with E-state index in [1.807, 2.05) is 45.8 Å². The van der Waals surface area contributed by atoms with Gasteiger partial charge in [-0.15, -0.1) is 0 Å². The van der Waals surface area contributed by atoms with Gasteiger partial charge >= 0.3 is 0 Å². The Labute approximate surface area is 129 Å². The molecule has 1 aliphatic rings. The van der Waals surface area contributed by atoms with Gasteiger partial charge in [-0.3, -0.25) is 9.59 Å². The predicted molar refractivity (Wildman–Crippen MR) is 84.4 cm³/mol. The fourth-order valence-electron chi connectivity index (χ4n) is 2.89. The van der Waals surface area contributed by atoms with Crippen LogP contribution in [0.25, 0.3) is 11.3 Å². The topological polar surface area (TPSA) is 50.5 Å². The third kappa shape index (κ3) is 2.03. The predicted octanol–water partition coefficient (Wildman–Crippen LogP) is 3.31. The number of hydrogen-bond donors (Lipinski definition) is 0. The Kier molecular flexibility index (Phi) is 3.29. The van der Waals surface area contributed by atoms with E-state index in [0.29, 0.717) is 23.4 Å². The van der Waals surface area contributed by atoms with Crippen molar-refractivity contribution in [1.29, 1.82) is 0 Å². The van der Waals surface area contributed by atoms with Gasteiger partial charge in [0.1, 0.15) is 11.5 Å². The number of hydrogen-bond acceptors (Lipinski definition) is 4. The number of carbonyl (C=O) groups excluding carboxylic acids is 2. The van der Waals surface area contributed by atoms with Crippen LogP contribution >= 0.6 is 0 Å². The van der Waals surface area contributed by atoms with E-state index in [9.17, 15) is 9.59 Å². The number of fused-ring (bicyclic) bond motifs is 3. The summed E-state index contributed by atoms with van der Waals surface area (Å²) in [6.07, 6.45) is 0. The molecule has 2 aromatic rings. The molecule has 22 heavy (non-hydrogen) atoms. The lowest BCUT2D eigenvalue weighted by Crippen LogP contribution is -2.21. The minimum Gasteiger partial charge on any atom is -0.459 e. The van der Waals surface area contributed by atoms with Gasteiger partial charge in [-0.2, -0.15) is 0 Å². The number of aryl methyl sites for hydroxylation is 2. The highest BCUT2D eigenvalue weighted by Gasteiger charge is 2.36. The maximum Gasteiger partial charge on any atom is 0.237 e. The standard InChI is InChI=1S/C18H19NO3/c1-9-6-12-13(7-10(9)2)18-15(17(21)16(12)20)11(3)14(22-18)8-19(4)5/h6-7H,8H2,1-5H3. The molecule has 1 aliphatic carbocycles. The molecule has 0 unspecified atom stereocenters. The molecule has 1 heterocycles. The molecule has 3 rings (SSSR count). The summed E-state index contributed by atoms with van der Waals surface area (Å²) in [6.45, 7) is 6.37. The Bertz CT molecular complexity index is 812. The summed E-state index contributed by atoms with van der Waals surface area (Å²) in [5.74, 6) is 0.377. The summed E-state index contributed by atoms with van der Waals surface area (Å²) >= 11 is 0. The zero-order valence-electron chi connectivity index (χ0n) is 13.5. The van der Waals surface area contributed by atoms with Gasteiger partial charge in [-0.25, -0.2) is 0 Å². The molecule has 0 N–H and O–H groups in total. The maximum atomic E-state index is 12.5. The van der Waals surface area contributed by atoms with Crippen LogP contribution in [-0.4, -0.2) is 30.6 Å². The minimum atomic E-state index is -0.461. The molecule has 0 saturated carbocycles. The molecular formula is C18H19NO3. The number of benzene rings is 1. The summed E-state index contributed by atoms with van der Waals surface area (Å²) in [5, 5.41) is 0. The molecule has 4 heteroatoms. The van der Waals surface area contributed by atoms with Crippen LogP contribution in [0.3, 0.4) is 0 Å². The fraction of sp³-hybridized carbons (Fsp3) is 0.333. The van der Waals surface area contributed by atoms with Crippen molar-refractivity contribution in [2.75, 3.05) is 14.1 Å². The second-order valence-corrected chi connectivity index (χ2v) is 6.23. The first kappa shape index (κ1) is 14.7. The Morgan fingerprint density at radius 2 is 1.55 bits per heavy atom. The number of furan rings is 1. The van der Waals surface area contributed by atoms with Crippen LogP contribution in [0.4, 0.5) is 0 Å². The highest BCUT2D eigenvalue weighted by atomic mass is 16.3. The lowest BCUT2D eigenvalue weighted by Gasteiger charge is -2.15. The quantitative estimate of drug-likeness (QED) is 0.798. The Morgan fingerprint density at radius 1 is 0.955 bits per heavy atom. The van der Waals surface area contributed by atoms with E-state index in [1.54, 1.807) is 6.07 Å². The van der Waals surface area contributed by atoms with E-state index in [2.05, 4.69) is 0 Å². The first-order valence-corrected chi connectivity index (χ1v) is 7.29. The molecule has 0 spiro atoms. The second-order valence-electron chi connectivity index (χ2n) is 6.23. The monoisotopic (exact) mass is 297 g/mol. The molecule has 0 saturated heterocycles. The normalized spacial score (nSPS) is 13.5. The minimum absolute atomic E-state index is 0.428. The van der Waals surface area contributed by atoms with E-state index < -0.39 is 11.6 Å². The molecule has 0 radical (unpaired) electrons. The van der Waals surface area contributed by atoms with Gasteiger partial charge in [0.2, 0.25) is 11.6 Å². The van der Waals surface area contributed by atoms with Crippen LogP contribution < -0.4 is 0 Å². The van der Waals surface area contributed by atoms with Crippen LogP contribution in [0.2, 0.25) is 0 Å². The zero-order chi connectivity index (χ0) is 16.2. The molecule has 0 amide bonds. The van der Waals surface area contributed by atoms with Gasteiger partial charge in [0.15, 0.2) is 0 Å². The van der Waals surface area contributed by atoms with Gasteiger partial charge in [0, 0.05) is 16.7 Å². The van der Waals surface area contributed by atoms with Crippen molar-refractivity contribution in [1.82, 2.24) is 4.90 Å². The van der Waals surface area contributed by atoms with Crippen molar-refractivity contribution in [3.05, 3.63) is 45.7 Å². The number of carbonyl (C=O) groups is 2. The van der Waals surface area contributed by atoms with Crippen molar-refractivity contribution in [3.8, 4) is 11.3 Å². The lowest BCUT2D eigenvalue weighted by molar-refractivity contribution is 0.0814. The highest BCUT2D eigenvalue weighted by Crippen LogP contribution is 2.39. The summed E-state index contributed by atoms with van der Waals surface area (Å²) in [6, 6.07) is 3.73. The van der Waals surface area contributed by atoms with Crippen LogP contribution in [0.15, 0.2) is 16.5 Å². The number of nitrogens with zero attached hydrogens (tertiary/aromatic N) is 1. The van der Waals surface area contributed by atoms with Gasteiger partial charge < -0.3 is 9.32 Å². The van der Waals surface area contributed by atoms with E-state index in [1.165, 1.54) is 0 Å². The highest BCUT2D eigenvalue weighted by molar-refractivity contribution is 6.53. The van der Waals surface area contributed by atoms with E-state index in [-0.39, 0.29) is 0 Å². The molecule has 4 nitrogen and oxygen atoms in total. The van der Waals surface area contributed by atoms with Crippen LogP contribution in [0.1, 0.15) is 43.2 Å². The van der Waals surface area contributed by atoms with E-state index >= 15 is 0 Å². The summed E-state index contributed by atoms with van der Waals surface area (Å²) in [4.78, 5) is 26.9. The average Bonchev–Trinajstić information content (AvgIpc) is 2.75. The number of rotatable bonds is 2. The van der Waals surface area contributed by atoms with Crippen LogP contribution in [0, 0.1) is 20.8 Å². The smallest absolute Gasteiger partial charge is 0.237 e. The first-order chi connectivity index (χ1) is 10.3. The third-order valence-corrected chi connectivity index (χ3v) is 4.26. The van der Waals surface area contributed by atoms with Crippen molar-refractivity contribution < 1.29 is 14.0 Å². The third-order valence-electron chi connectivity index (χ3n) is 4.26. The van der Waals surface area contributed by atoms with Gasteiger partial charge in [-0.05, 0) is 58.1 Å². The molecule has 0 atom stereocenters. The Morgan fingerprint density at radius 3 is 2.14 bits per heavy atom. The largest absolute Gasteiger partial charge is 0.459 e. The molecule has 1 aromatic heterocycles. The molecule has 114 valence electrons. The molecule has 0 bridgehead atoms. The Hall–Kier alpha value is -2.20. The summed E-state index contributed by atoms with van der Waals surface area (Å²) < 4.78 is 5.97. The summed E-state index contributed by atoms with van der Waals surface area (Å²) in [5.41, 5.74) is 4.46. The number of ketones is 2. The van der Waals surface area contributed by atoms with Crippen LogP contribution in [-0.2, 0) is 6.54 Å². The average molecular weight is 297 g/mol. The van der Waals surface area contributed by atoms with Crippen LogP contribution in [0.5, 0.6) is 0 Å². The maximum absolute atomic E-state index is 12.5. The molecule has 0 aliphatic heterocycles. The van der Waals surface area contributed by atoms with Gasteiger partial charge in [-0.1, -0.05) is 0 Å². The first-order valence-electron chi connectivity index (χ1n) is 7.29. The van der Waals surface area contributed by atoms with E-state index in [0.717, 1.165) is 28.0 Å². The van der Waals surface area contributed by atoms with E-state index in [4.69, 9.17) is 4.42 Å². The van der Waals surface area contributed by atoms with Crippen molar-refractivity contribution >= 4 is 11.6 Å². The zero-order valence-corrected chi connectivity index (χ0v) is 13.5. The van der Waals surface area contributed by atoms with Crippen molar-refractivity contribution in [2.45, 2.75) is 27.3 Å². The summed E-state index contributed by atoms with van der Waals surface area (Å²) in [7, 11) is 3.88. The number of Topliss-reactive ketones (excluding diaryl/α,β-unsaturated/α-hetero) is 2. The Balaban J connectivity index is 2.29. The fourth-order valence-corrected chi connectivity index (χ4v) is 2.89. The second kappa shape index (κ2) is 4.92. The molecule has 1 aromatic carbocycles. The molecule has 0 fully saturated rings.